The van der Waals surface area contributed by atoms with Crippen molar-refractivity contribution in [1.29, 1.82) is 0 Å². The SMILES string of the molecule is CCn1c(-c2cnccc2COC)c2c3cc(ccc31)-c1cc(O)cc(c1)C[C@H](NC(=O)[C@H](C(C)C)N(C)C(=O)C1(C)COC1)C(=O)N1CCC[C@H](N1)C(=O)OCC(C)(C)C2. The maximum absolute atomic E-state index is 14.6. The van der Waals surface area contributed by atoms with Crippen LogP contribution < -0.4 is 10.7 Å². The molecule has 0 spiro atoms. The molecule has 0 saturated carbocycles. The van der Waals surface area contributed by atoms with Crippen molar-refractivity contribution in [1.82, 2.24) is 30.2 Å². The maximum Gasteiger partial charge on any atom is 0.324 e. The number of esters is 1. The lowest BCUT2D eigenvalue weighted by Gasteiger charge is -2.42. The molecule has 0 unspecified atom stereocenters. The second-order valence-electron chi connectivity index (χ2n) is 18.3. The van der Waals surface area contributed by atoms with Crippen molar-refractivity contribution in [2.75, 3.05) is 40.5 Å². The number of amides is 3. The van der Waals surface area contributed by atoms with Crippen molar-refractivity contribution in [2.24, 2.45) is 16.7 Å². The average Bonchev–Trinajstić information content (AvgIpc) is 3.52. The number of carbonyl (C=O) groups excluding carboxylic acids is 4. The van der Waals surface area contributed by atoms with E-state index in [1.807, 2.05) is 45.2 Å². The fourth-order valence-corrected chi connectivity index (χ4v) is 9.20. The van der Waals surface area contributed by atoms with Crippen LogP contribution in [0.3, 0.4) is 0 Å². The number of aromatic nitrogens is 2. The van der Waals surface area contributed by atoms with Gasteiger partial charge in [0.1, 0.15) is 23.9 Å². The molecule has 3 atom stereocenters. The van der Waals surface area contributed by atoms with Crippen LogP contribution in [0.2, 0.25) is 0 Å². The molecule has 6 bridgehead atoms. The Kier molecular flexibility index (Phi) is 12.6. The van der Waals surface area contributed by atoms with E-state index in [0.29, 0.717) is 44.5 Å². The monoisotopic (exact) mass is 836 g/mol. The Morgan fingerprint density at radius 2 is 1.85 bits per heavy atom. The first-order chi connectivity index (χ1) is 29.0. The van der Waals surface area contributed by atoms with E-state index >= 15 is 0 Å². The summed E-state index contributed by atoms with van der Waals surface area (Å²) in [6.07, 6.45) is 5.22. The zero-order valence-corrected chi connectivity index (χ0v) is 36.7. The number of ether oxygens (including phenoxy) is 3. The molecule has 7 rings (SSSR count). The molecule has 3 aliphatic heterocycles. The minimum atomic E-state index is -1.12. The Balaban J connectivity index is 1.34. The number of phenols is 1. The molecule has 2 aromatic carbocycles. The lowest BCUT2D eigenvalue weighted by molar-refractivity contribution is -0.172. The van der Waals surface area contributed by atoms with Crippen LogP contribution in [0.25, 0.3) is 33.3 Å². The van der Waals surface area contributed by atoms with Crippen molar-refractivity contribution >= 4 is 34.6 Å². The van der Waals surface area contributed by atoms with Crippen molar-refractivity contribution in [3.8, 4) is 28.1 Å². The van der Waals surface area contributed by atoms with Crippen LogP contribution in [0.1, 0.15) is 71.1 Å². The summed E-state index contributed by atoms with van der Waals surface area (Å²) in [7, 11) is 3.29. The van der Waals surface area contributed by atoms with Gasteiger partial charge in [-0.2, -0.15) is 0 Å². The van der Waals surface area contributed by atoms with Crippen molar-refractivity contribution in [3.63, 3.8) is 0 Å². The van der Waals surface area contributed by atoms with Crippen LogP contribution in [0.5, 0.6) is 5.75 Å². The number of cyclic esters (lactones) is 1. The number of hydrogen-bond donors (Lipinski definition) is 3. The Morgan fingerprint density at radius 3 is 2.54 bits per heavy atom. The molecule has 0 aliphatic carbocycles. The number of methoxy groups -OCH3 is 1. The third-order valence-electron chi connectivity index (χ3n) is 12.3. The van der Waals surface area contributed by atoms with E-state index in [-0.39, 0.29) is 43.8 Å². The number of phenolic OH excluding ortho intramolecular Hbond substituents is 1. The standard InChI is InChI=1S/C47H60N6O8/c1-9-52-39-13-12-30-21-34(39)35(41(52)36-23-48-15-14-31(36)24-59-8)22-46(4,5)25-61-44(57)37-11-10-16-53(50-37)43(56)38(19-29-17-32(30)20-33(54)18-29)49-42(55)40(28(2)3)51(7)45(58)47(6)26-60-27-47/h12-15,17-18,20-21,23,28,37-38,40,50,54H,9-11,16,19,22,24-27H2,1-8H3,(H,49,55)/t37-,38-,40-/m0/s1. The molecule has 2 aromatic heterocycles. The molecule has 3 N–H and O–H groups in total. The third-order valence-corrected chi connectivity index (χ3v) is 12.3. The number of hydrogen-bond acceptors (Lipinski definition) is 10. The average molecular weight is 837 g/mol. The van der Waals surface area contributed by atoms with Crippen LogP contribution in [0.15, 0.2) is 54.9 Å². The number of nitrogens with one attached hydrogen (secondary N) is 2. The van der Waals surface area contributed by atoms with Crippen LogP contribution >= 0.6 is 0 Å². The van der Waals surface area contributed by atoms with Crippen LogP contribution in [-0.2, 0) is 59.4 Å². The van der Waals surface area contributed by atoms with Crippen LogP contribution in [-0.4, -0.2) is 107 Å². The van der Waals surface area contributed by atoms with Gasteiger partial charge < -0.3 is 34.1 Å². The molecule has 0 radical (unpaired) electrons. The van der Waals surface area contributed by atoms with Crippen molar-refractivity contribution < 1.29 is 38.5 Å². The quantitative estimate of drug-likeness (QED) is 0.186. The van der Waals surface area contributed by atoms with Crippen molar-refractivity contribution in [3.05, 3.63) is 71.5 Å². The molecular formula is C47H60N6O8. The normalized spacial score (nSPS) is 20.7. The van der Waals surface area contributed by atoms with Gasteiger partial charge in [0.15, 0.2) is 0 Å². The van der Waals surface area contributed by atoms with Gasteiger partial charge >= 0.3 is 5.97 Å². The predicted molar refractivity (Wildman–Crippen MR) is 231 cm³/mol. The fourth-order valence-electron chi connectivity index (χ4n) is 9.20. The summed E-state index contributed by atoms with van der Waals surface area (Å²) in [5, 5.41) is 16.7. The number of nitrogens with zero attached hydrogens (tertiary/aromatic N) is 4. The summed E-state index contributed by atoms with van der Waals surface area (Å²) in [6, 6.07) is 10.7. The van der Waals surface area contributed by atoms with Gasteiger partial charge in [-0.1, -0.05) is 39.8 Å². The molecule has 5 heterocycles. The van der Waals surface area contributed by atoms with Gasteiger partial charge in [-0.25, -0.2) is 5.43 Å². The summed E-state index contributed by atoms with van der Waals surface area (Å²) in [4.78, 5) is 62.4. The van der Waals surface area contributed by atoms with Gasteiger partial charge in [-0.3, -0.25) is 29.2 Å². The van der Waals surface area contributed by atoms with Gasteiger partial charge in [-0.15, -0.1) is 0 Å². The largest absolute Gasteiger partial charge is 0.508 e. The zero-order valence-electron chi connectivity index (χ0n) is 36.7. The first kappa shape index (κ1) is 43.8. The first-order valence-electron chi connectivity index (χ1n) is 21.3. The van der Waals surface area contributed by atoms with Crippen LogP contribution in [0.4, 0.5) is 0 Å². The minimum absolute atomic E-state index is 0.00697. The molecular weight excluding hydrogens is 777 g/mol. The Bertz CT molecular complexity index is 2320. The maximum atomic E-state index is 14.6. The van der Waals surface area contributed by atoms with E-state index in [0.717, 1.165) is 44.4 Å². The summed E-state index contributed by atoms with van der Waals surface area (Å²) < 4.78 is 19.3. The number of rotatable bonds is 9. The topological polar surface area (TPSA) is 165 Å². The van der Waals surface area contributed by atoms with E-state index in [2.05, 4.69) is 53.2 Å². The van der Waals surface area contributed by atoms with E-state index in [1.54, 1.807) is 32.5 Å². The number of pyridine rings is 1. The van der Waals surface area contributed by atoms with E-state index in [1.165, 1.54) is 9.91 Å². The molecule has 4 aromatic rings. The third kappa shape index (κ3) is 8.89. The number of benzene rings is 2. The number of aromatic hydroxyl groups is 1. The fraction of sp³-hybridized carbons (Fsp3) is 0.511. The summed E-state index contributed by atoms with van der Waals surface area (Å²) in [5.74, 6) is -1.89. The van der Waals surface area contributed by atoms with Gasteiger partial charge in [0.25, 0.3) is 5.91 Å². The van der Waals surface area contributed by atoms with Gasteiger partial charge in [0.05, 0.1) is 37.5 Å². The summed E-state index contributed by atoms with van der Waals surface area (Å²) >= 11 is 0. The highest BCUT2D eigenvalue weighted by molar-refractivity contribution is 5.96. The molecule has 14 heteroatoms. The lowest BCUT2D eigenvalue weighted by atomic mass is 9.84. The smallest absolute Gasteiger partial charge is 0.324 e. The van der Waals surface area contributed by atoms with E-state index in [9.17, 15) is 24.3 Å². The van der Waals surface area contributed by atoms with Gasteiger partial charge in [0.2, 0.25) is 11.8 Å². The minimum Gasteiger partial charge on any atom is -0.508 e. The molecule has 2 saturated heterocycles. The zero-order chi connectivity index (χ0) is 43.8. The van der Waals surface area contributed by atoms with Gasteiger partial charge in [-0.05, 0) is 97.2 Å². The predicted octanol–water partition coefficient (Wildman–Crippen LogP) is 5.41. The van der Waals surface area contributed by atoms with E-state index in [4.69, 9.17) is 14.2 Å². The number of aryl methyl sites for hydroxylation is 1. The van der Waals surface area contributed by atoms with Gasteiger partial charge in [0, 0.05) is 67.9 Å². The molecule has 14 nitrogen and oxygen atoms in total. The second-order valence-corrected chi connectivity index (χ2v) is 18.3. The highest BCUT2D eigenvalue weighted by atomic mass is 16.5. The number of fused-ring (bicyclic) bond motifs is 6. The Hall–Kier alpha value is -5.31. The Morgan fingerprint density at radius 1 is 1.08 bits per heavy atom. The molecule has 326 valence electrons. The number of likely N-dealkylation sites (N-methyl/N-ethyl adjacent to an activating group) is 1. The second kappa shape index (κ2) is 17.6. The van der Waals surface area contributed by atoms with Crippen molar-refractivity contribution in [2.45, 2.75) is 98.5 Å². The van der Waals surface area contributed by atoms with Crippen LogP contribution in [0, 0.1) is 16.7 Å². The highest BCUT2D eigenvalue weighted by Gasteiger charge is 2.46. The Labute approximate surface area is 357 Å². The molecule has 2 fully saturated rings. The summed E-state index contributed by atoms with van der Waals surface area (Å²) in [5.41, 5.74) is 9.13. The number of hydrazine groups is 1. The van der Waals surface area contributed by atoms with E-state index < -0.39 is 46.7 Å². The lowest BCUT2D eigenvalue weighted by Crippen LogP contribution is -2.63. The summed E-state index contributed by atoms with van der Waals surface area (Å²) in [6.45, 7) is 13.9. The molecule has 3 aliphatic rings. The first-order valence-corrected chi connectivity index (χ1v) is 21.3. The highest BCUT2D eigenvalue weighted by Crippen LogP contribution is 2.41. The molecule has 3 amide bonds. The molecule has 61 heavy (non-hydrogen) atoms. The number of carbonyl (C=O) groups is 4.